The zero-order valence-electron chi connectivity index (χ0n) is 13.8. The average molecular weight is 346 g/mol. The third-order valence-corrected chi connectivity index (χ3v) is 3.74. The number of aromatic nitrogens is 1. The maximum absolute atomic E-state index is 12.1. The van der Waals surface area contributed by atoms with Crippen LogP contribution in [0.5, 0.6) is 0 Å². The Kier molecular flexibility index (Phi) is 6.15. The molecule has 1 aromatic heterocycles. The van der Waals surface area contributed by atoms with Gasteiger partial charge in [0.2, 0.25) is 5.91 Å². The molecular formula is C15H18N6O2S. The first-order valence-electron chi connectivity index (χ1n) is 6.97. The number of hydrogen-bond acceptors (Lipinski definition) is 7. The van der Waals surface area contributed by atoms with Crippen LogP contribution in [0.4, 0.5) is 10.6 Å². The summed E-state index contributed by atoms with van der Waals surface area (Å²) in [5, 5.41) is 22.4. The summed E-state index contributed by atoms with van der Waals surface area (Å²) < 4.78 is 0. The largest absolute Gasteiger partial charge is 0.383 e. The number of amides is 3. The quantitative estimate of drug-likeness (QED) is 0.703. The van der Waals surface area contributed by atoms with Gasteiger partial charge in [-0.25, -0.2) is 9.78 Å². The van der Waals surface area contributed by atoms with Gasteiger partial charge in [0.1, 0.15) is 23.0 Å². The highest BCUT2D eigenvalue weighted by Gasteiger charge is 2.22. The number of pyridine rings is 1. The fraction of sp³-hybridized carbons (Fsp3) is 0.400. The molecule has 1 aromatic rings. The summed E-state index contributed by atoms with van der Waals surface area (Å²) in [7, 11) is 0. The maximum atomic E-state index is 12.1. The van der Waals surface area contributed by atoms with Crippen molar-refractivity contribution in [2.24, 2.45) is 0 Å². The predicted octanol–water partition coefficient (Wildman–Crippen LogP) is 1.51. The lowest BCUT2D eigenvalue weighted by atomic mass is 10.1. The van der Waals surface area contributed by atoms with Gasteiger partial charge in [-0.3, -0.25) is 10.1 Å². The molecule has 0 saturated carbocycles. The molecule has 9 heteroatoms. The van der Waals surface area contributed by atoms with E-state index in [4.69, 9.17) is 16.3 Å². The van der Waals surface area contributed by atoms with E-state index in [-0.39, 0.29) is 22.0 Å². The van der Waals surface area contributed by atoms with Crippen LogP contribution in [0.2, 0.25) is 0 Å². The van der Waals surface area contributed by atoms with E-state index in [0.29, 0.717) is 0 Å². The first-order valence-corrected chi connectivity index (χ1v) is 7.85. The number of hydrogen-bond donors (Lipinski definition) is 3. The number of nitrogen functional groups attached to an aromatic ring is 1. The summed E-state index contributed by atoms with van der Waals surface area (Å²) in [6.07, 6.45) is 0. The van der Waals surface area contributed by atoms with Crippen LogP contribution in [0.1, 0.15) is 38.8 Å². The molecule has 0 radical (unpaired) electrons. The molecule has 8 nitrogen and oxygen atoms in total. The van der Waals surface area contributed by atoms with Gasteiger partial charge in [-0.05, 0) is 33.8 Å². The average Bonchev–Trinajstić information content (AvgIpc) is 2.45. The van der Waals surface area contributed by atoms with Crippen molar-refractivity contribution in [1.82, 2.24) is 15.6 Å². The zero-order chi connectivity index (χ0) is 18.5. The Balaban J connectivity index is 2.85. The molecule has 4 N–H and O–H groups in total. The van der Waals surface area contributed by atoms with Crippen molar-refractivity contribution >= 4 is 29.5 Å². The smallest absolute Gasteiger partial charge is 0.321 e. The highest BCUT2D eigenvalue weighted by molar-refractivity contribution is 8.00. The number of imide groups is 1. The number of nitrogens with two attached hydrogens (primary N) is 1. The standard InChI is InChI=1S/C15H18N6O2S/c1-8(12(22)20-14(23)21-15(2,3)4)24-13-10(7-17)5-9(6-16)11(18)19-13/h5,8H,1-4H3,(H2,18,19)(H2,20,21,22,23)/t8-/m0/s1. The molecule has 0 aromatic carbocycles. The summed E-state index contributed by atoms with van der Waals surface area (Å²) in [6.45, 7) is 6.94. The molecule has 0 bridgehead atoms. The van der Waals surface area contributed by atoms with Crippen LogP contribution in [0.25, 0.3) is 0 Å². The van der Waals surface area contributed by atoms with E-state index in [1.165, 1.54) is 6.07 Å². The summed E-state index contributed by atoms with van der Waals surface area (Å²) in [4.78, 5) is 27.8. The second-order valence-corrected chi connectivity index (χ2v) is 7.28. The molecule has 0 fully saturated rings. The van der Waals surface area contributed by atoms with Crippen LogP contribution < -0.4 is 16.4 Å². The lowest BCUT2D eigenvalue weighted by Crippen LogP contribution is -2.49. The molecule has 0 spiro atoms. The van der Waals surface area contributed by atoms with Gasteiger partial charge in [0, 0.05) is 5.54 Å². The predicted molar refractivity (Wildman–Crippen MR) is 89.8 cm³/mol. The SMILES string of the molecule is C[C@H](Sc1nc(N)c(C#N)cc1C#N)C(=O)NC(=O)NC(C)(C)C. The number of anilines is 1. The number of carbonyl (C=O) groups is 2. The number of rotatable bonds is 3. The number of carbonyl (C=O) groups excluding carboxylic acids is 2. The molecule has 1 heterocycles. The van der Waals surface area contributed by atoms with Crippen LogP contribution in [0.15, 0.2) is 11.1 Å². The Labute approximate surface area is 144 Å². The Morgan fingerprint density at radius 3 is 2.38 bits per heavy atom. The van der Waals surface area contributed by atoms with Gasteiger partial charge in [0.25, 0.3) is 0 Å². The second-order valence-electron chi connectivity index (χ2n) is 5.95. The van der Waals surface area contributed by atoms with E-state index in [1.54, 1.807) is 27.7 Å². The van der Waals surface area contributed by atoms with Gasteiger partial charge >= 0.3 is 6.03 Å². The second kappa shape index (κ2) is 7.66. The first-order chi connectivity index (χ1) is 11.1. The Bertz CT molecular complexity index is 742. The van der Waals surface area contributed by atoms with Gasteiger partial charge in [-0.15, -0.1) is 0 Å². The van der Waals surface area contributed by atoms with Gasteiger partial charge in [-0.1, -0.05) is 11.8 Å². The van der Waals surface area contributed by atoms with Crippen molar-refractivity contribution in [2.45, 2.75) is 43.5 Å². The fourth-order valence-corrected chi connectivity index (χ4v) is 2.46. The number of nitriles is 2. The maximum Gasteiger partial charge on any atom is 0.321 e. The van der Waals surface area contributed by atoms with Gasteiger partial charge in [-0.2, -0.15) is 10.5 Å². The minimum atomic E-state index is -0.692. The van der Waals surface area contributed by atoms with E-state index >= 15 is 0 Å². The molecule has 3 amide bonds. The molecule has 0 saturated heterocycles. The fourth-order valence-electron chi connectivity index (χ4n) is 1.58. The Morgan fingerprint density at radius 1 is 1.29 bits per heavy atom. The molecule has 0 aliphatic heterocycles. The van der Waals surface area contributed by atoms with Crippen molar-refractivity contribution in [3.8, 4) is 12.1 Å². The van der Waals surface area contributed by atoms with Crippen LogP contribution in [-0.2, 0) is 4.79 Å². The Morgan fingerprint density at radius 2 is 1.88 bits per heavy atom. The normalized spacial score (nSPS) is 11.8. The van der Waals surface area contributed by atoms with Crippen molar-refractivity contribution in [3.05, 3.63) is 17.2 Å². The summed E-state index contributed by atoms with van der Waals surface area (Å²) in [6, 6.07) is 4.47. The number of urea groups is 1. The van der Waals surface area contributed by atoms with E-state index in [2.05, 4.69) is 15.6 Å². The third-order valence-electron chi connectivity index (χ3n) is 2.64. The summed E-state index contributed by atoms with van der Waals surface area (Å²) in [5.41, 5.74) is 5.40. The molecular weight excluding hydrogens is 328 g/mol. The zero-order valence-corrected chi connectivity index (χ0v) is 14.6. The minimum absolute atomic E-state index is 0.0166. The van der Waals surface area contributed by atoms with E-state index in [9.17, 15) is 9.59 Å². The van der Waals surface area contributed by atoms with Crippen LogP contribution in [-0.4, -0.2) is 27.7 Å². The van der Waals surface area contributed by atoms with Gasteiger partial charge in [0.05, 0.1) is 16.4 Å². The molecule has 0 aliphatic rings. The Hall–Kier alpha value is -2.78. The van der Waals surface area contributed by atoms with Gasteiger partial charge in [0.15, 0.2) is 0 Å². The lowest BCUT2D eigenvalue weighted by molar-refractivity contribution is -0.119. The molecule has 0 unspecified atom stereocenters. The van der Waals surface area contributed by atoms with Crippen molar-refractivity contribution < 1.29 is 9.59 Å². The summed E-state index contributed by atoms with van der Waals surface area (Å²) >= 11 is 0.981. The van der Waals surface area contributed by atoms with E-state index < -0.39 is 22.7 Å². The van der Waals surface area contributed by atoms with Crippen molar-refractivity contribution in [1.29, 1.82) is 10.5 Å². The van der Waals surface area contributed by atoms with Crippen molar-refractivity contribution in [2.75, 3.05) is 5.73 Å². The third kappa shape index (κ3) is 5.45. The highest BCUT2D eigenvalue weighted by Crippen LogP contribution is 2.27. The molecule has 0 aliphatic carbocycles. The first kappa shape index (κ1) is 19.3. The number of nitrogens with zero attached hydrogens (tertiary/aromatic N) is 3. The van der Waals surface area contributed by atoms with Crippen LogP contribution in [0, 0.1) is 22.7 Å². The van der Waals surface area contributed by atoms with Gasteiger partial charge < -0.3 is 11.1 Å². The monoisotopic (exact) mass is 346 g/mol. The van der Waals surface area contributed by atoms with E-state index in [0.717, 1.165) is 11.8 Å². The number of thioether (sulfide) groups is 1. The van der Waals surface area contributed by atoms with E-state index in [1.807, 2.05) is 12.1 Å². The lowest BCUT2D eigenvalue weighted by Gasteiger charge is -2.21. The molecule has 1 atom stereocenters. The highest BCUT2D eigenvalue weighted by atomic mass is 32.2. The molecule has 24 heavy (non-hydrogen) atoms. The topological polar surface area (TPSA) is 145 Å². The molecule has 126 valence electrons. The van der Waals surface area contributed by atoms with Crippen molar-refractivity contribution in [3.63, 3.8) is 0 Å². The molecule has 1 rings (SSSR count). The van der Waals surface area contributed by atoms with Crippen LogP contribution >= 0.6 is 11.8 Å². The minimum Gasteiger partial charge on any atom is -0.383 e. The van der Waals surface area contributed by atoms with Crippen LogP contribution in [0.3, 0.4) is 0 Å². The summed E-state index contributed by atoms with van der Waals surface area (Å²) in [5.74, 6) is -0.549. The number of nitrogens with one attached hydrogen (secondary N) is 2.